The third-order valence-electron chi connectivity index (χ3n) is 2.49. The molecule has 1 N–H and O–H groups in total. The lowest BCUT2D eigenvalue weighted by Gasteiger charge is -1.98. The number of fused-ring (bicyclic) bond motifs is 1. The van der Waals surface area contributed by atoms with Gasteiger partial charge in [0.25, 0.3) is 0 Å². The molecule has 0 unspecified atom stereocenters. The molecular weight excluding hydrogens is 210 g/mol. The monoisotopic (exact) mass is 223 g/mol. The van der Waals surface area contributed by atoms with Crippen molar-refractivity contribution in [1.82, 2.24) is 5.32 Å². The van der Waals surface area contributed by atoms with Gasteiger partial charge < -0.3 is 9.73 Å². The summed E-state index contributed by atoms with van der Waals surface area (Å²) in [7, 11) is 1.97. The third kappa shape index (κ3) is 2.33. The zero-order chi connectivity index (χ0) is 10.7. The highest BCUT2D eigenvalue weighted by molar-refractivity contribution is 6.31. The van der Waals surface area contributed by atoms with Crippen molar-refractivity contribution < 1.29 is 4.42 Å². The molecule has 0 aliphatic rings. The molecule has 0 bridgehead atoms. The molecule has 0 amide bonds. The minimum absolute atomic E-state index is 0.721. The largest absolute Gasteiger partial charge is 0.464 e. The quantitative estimate of drug-likeness (QED) is 0.806. The van der Waals surface area contributed by atoms with Crippen LogP contribution in [0.3, 0.4) is 0 Å². The highest BCUT2D eigenvalue weighted by Gasteiger charge is 2.05. The number of furan rings is 1. The normalized spacial score (nSPS) is 11.1. The van der Waals surface area contributed by atoms with E-state index in [1.54, 1.807) is 0 Å². The molecule has 0 radical (unpaired) electrons. The summed E-state index contributed by atoms with van der Waals surface area (Å²) >= 11 is 5.88. The molecule has 1 aromatic heterocycles. The van der Waals surface area contributed by atoms with E-state index in [-0.39, 0.29) is 0 Å². The molecule has 15 heavy (non-hydrogen) atoms. The molecular formula is C12H14ClNO. The van der Waals surface area contributed by atoms with E-state index < -0.39 is 0 Å². The van der Waals surface area contributed by atoms with Crippen molar-refractivity contribution in [3.8, 4) is 0 Å². The fraction of sp³-hybridized carbons (Fsp3) is 0.333. The minimum Gasteiger partial charge on any atom is -0.464 e. The van der Waals surface area contributed by atoms with E-state index in [1.165, 1.54) is 10.9 Å². The Balaban J connectivity index is 2.21. The fourth-order valence-corrected chi connectivity index (χ4v) is 1.87. The van der Waals surface area contributed by atoms with Crippen molar-refractivity contribution in [2.24, 2.45) is 0 Å². The molecule has 80 valence electrons. The van der Waals surface area contributed by atoms with Gasteiger partial charge in [0.05, 0.1) is 6.26 Å². The van der Waals surface area contributed by atoms with Gasteiger partial charge in [0, 0.05) is 10.4 Å². The van der Waals surface area contributed by atoms with Crippen molar-refractivity contribution in [1.29, 1.82) is 0 Å². The van der Waals surface area contributed by atoms with Crippen molar-refractivity contribution in [3.63, 3.8) is 0 Å². The highest BCUT2D eigenvalue weighted by atomic mass is 35.5. The Morgan fingerprint density at radius 1 is 1.40 bits per heavy atom. The lowest BCUT2D eigenvalue weighted by Crippen LogP contribution is -2.08. The van der Waals surface area contributed by atoms with E-state index in [4.69, 9.17) is 16.0 Å². The Morgan fingerprint density at radius 2 is 2.27 bits per heavy atom. The summed E-state index contributed by atoms with van der Waals surface area (Å²) in [6, 6.07) is 5.79. The summed E-state index contributed by atoms with van der Waals surface area (Å²) in [5, 5.41) is 5.03. The summed E-state index contributed by atoms with van der Waals surface area (Å²) in [6.45, 7) is 1.03. The molecule has 2 aromatic rings. The van der Waals surface area contributed by atoms with Crippen LogP contribution >= 0.6 is 11.6 Å². The van der Waals surface area contributed by atoms with Crippen LogP contribution in [0.5, 0.6) is 0 Å². The minimum atomic E-state index is 0.721. The number of hydrogen-bond acceptors (Lipinski definition) is 2. The Labute approximate surface area is 94.2 Å². The average molecular weight is 224 g/mol. The molecule has 2 nitrogen and oxygen atoms in total. The van der Waals surface area contributed by atoms with Crippen LogP contribution in [-0.4, -0.2) is 13.6 Å². The topological polar surface area (TPSA) is 25.2 Å². The van der Waals surface area contributed by atoms with Crippen LogP contribution < -0.4 is 5.32 Å². The van der Waals surface area contributed by atoms with E-state index in [9.17, 15) is 0 Å². The fourth-order valence-electron chi connectivity index (χ4n) is 1.71. The van der Waals surface area contributed by atoms with Crippen LogP contribution in [0.1, 0.15) is 12.0 Å². The van der Waals surface area contributed by atoms with Crippen LogP contribution in [0, 0.1) is 0 Å². The van der Waals surface area contributed by atoms with Crippen molar-refractivity contribution >= 4 is 22.6 Å². The first-order chi connectivity index (χ1) is 7.31. The van der Waals surface area contributed by atoms with E-state index >= 15 is 0 Å². The molecule has 0 atom stereocenters. The molecule has 0 aliphatic carbocycles. The van der Waals surface area contributed by atoms with Crippen LogP contribution in [0.25, 0.3) is 11.0 Å². The number of nitrogens with one attached hydrogen (secondary N) is 1. The predicted molar refractivity (Wildman–Crippen MR) is 63.5 cm³/mol. The van der Waals surface area contributed by atoms with Gasteiger partial charge in [-0.25, -0.2) is 0 Å². The zero-order valence-corrected chi connectivity index (χ0v) is 9.47. The third-order valence-corrected chi connectivity index (χ3v) is 2.73. The summed E-state index contributed by atoms with van der Waals surface area (Å²) in [6.07, 6.45) is 3.99. The lowest BCUT2D eigenvalue weighted by molar-refractivity contribution is 0.607. The molecule has 2 rings (SSSR count). The molecule has 0 fully saturated rings. The molecule has 1 aromatic carbocycles. The van der Waals surface area contributed by atoms with Gasteiger partial charge in [-0.3, -0.25) is 0 Å². The second-order valence-corrected chi connectivity index (χ2v) is 4.04. The Morgan fingerprint density at radius 3 is 3.07 bits per heavy atom. The van der Waals surface area contributed by atoms with Gasteiger partial charge >= 0.3 is 0 Å². The maximum absolute atomic E-state index is 5.88. The first-order valence-electron chi connectivity index (χ1n) is 5.11. The number of aryl methyl sites for hydroxylation is 1. The maximum atomic E-state index is 5.88. The molecule has 1 heterocycles. The molecule has 0 saturated heterocycles. The second kappa shape index (κ2) is 4.69. The molecule has 0 saturated carbocycles. The van der Waals surface area contributed by atoms with E-state index in [0.29, 0.717) is 0 Å². The number of hydrogen-bond donors (Lipinski definition) is 1. The zero-order valence-electron chi connectivity index (χ0n) is 8.72. The predicted octanol–water partition coefficient (Wildman–Crippen LogP) is 3.24. The summed E-state index contributed by atoms with van der Waals surface area (Å²) in [4.78, 5) is 0. The van der Waals surface area contributed by atoms with Gasteiger partial charge in [-0.15, -0.1) is 0 Å². The van der Waals surface area contributed by atoms with E-state index in [0.717, 1.165) is 30.0 Å². The second-order valence-electron chi connectivity index (χ2n) is 3.61. The maximum Gasteiger partial charge on any atom is 0.135 e. The van der Waals surface area contributed by atoms with Gasteiger partial charge in [0.2, 0.25) is 0 Å². The van der Waals surface area contributed by atoms with Crippen molar-refractivity contribution in [2.75, 3.05) is 13.6 Å². The van der Waals surface area contributed by atoms with E-state index in [2.05, 4.69) is 5.32 Å². The summed E-state index contributed by atoms with van der Waals surface area (Å²) in [5.74, 6) is 0. The molecule has 0 spiro atoms. The van der Waals surface area contributed by atoms with Crippen molar-refractivity contribution in [3.05, 3.63) is 35.0 Å². The van der Waals surface area contributed by atoms with Gasteiger partial charge in [-0.1, -0.05) is 11.6 Å². The average Bonchev–Trinajstić information content (AvgIpc) is 2.61. The lowest BCUT2D eigenvalue weighted by atomic mass is 10.1. The van der Waals surface area contributed by atoms with Crippen molar-refractivity contribution in [2.45, 2.75) is 12.8 Å². The summed E-state index contributed by atoms with van der Waals surface area (Å²) < 4.78 is 5.46. The Bertz CT molecular complexity index is 450. The van der Waals surface area contributed by atoms with Crippen LogP contribution in [0.4, 0.5) is 0 Å². The first-order valence-corrected chi connectivity index (χ1v) is 5.49. The van der Waals surface area contributed by atoms with Gasteiger partial charge in [0.15, 0.2) is 0 Å². The number of rotatable bonds is 4. The molecule has 0 aliphatic heterocycles. The van der Waals surface area contributed by atoms with Crippen LogP contribution in [-0.2, 0) is 6.42 Å². The summed E-state index contributed by atoms with van der Waals surface area (Å²) in [5.41, 5.74) is 2.14. The van der Waals surface area contributed by atoms with Gasteiger partial charge in [-0.2, -0.15) is 0 Å². The standard InChI is InChI=1S/C12H14ClNO/c1-14-6-2-3-9-8-15-12-7-10(13)4-5-11(9)12/h4-5,7-8,14H,2-3,6H2,1H3. The van der Waals surface area contributed by atoms with Gasteiger partial charge in [-0.05, 0) is 50.2 Å². The van der Waals surface area contributed by atoms with Gasteiger partial charge in [0.1, 0.15) is 5.58 Å². The molecule has 3 heteroatoms. The van der Waals surface area contributed by atoms with E-state index in [1.807, 2.05) is 31.5 Å². The number of halogens is 1. The highest BCUT2D eigenvalue weighted by Crippen LogP contribution is 2.25. The SMILES string of the molecule is CNCCCc1coc2cc(Cl)ccc12. The first kappa shape index (κ1) is 10.5. The number of benzene rings is 1. The van der Waals surface area contributed by atoms with Crippen LogP contribution in [0.15, 0.2) is 28.9 Å². The Kier molecular flexibility index (Phi) is 3.29. The van der Waals surface area contributed by atoms with Crippen LogP contribution in [0.2, 0.25) is 5.02 Å². The Hall–Kier alpha value is -0.990. The smallest absolute Gasteiger partial charge is 0.135 e.